The second kappa shape index (κ2) is 11.4. The number of oxime groups is 1. The first-order valence-corrected chi connectivity index (χ1v) is 11.8. The predicted octanol–water partition coefficient (Wildman–Crippen LogP) is 2.76. The van der Waals surface area contributed by atoms with Gasteiger partial charge in [0.2, 0.25) is 5.91 Å². The Morgan fingerprint density at radius 2 is 1.92 bits per heavy atom. The molecule has 36 heavy (non-hydrogen) atoms. The van der Waals surface area contributed by atoms with Gasteiger partial charge in [-0.15, -0.1) is 0 Å². The fraction of sp³-hybridized carbons (Fsp3) is 0.333. The third-order valence-corrected chi connectivity index (χ3v) is 6.17. The highest BCUT2D eigenvalue weighted by atomic mass is 32.1. The van der Waals surface area contributed by atoms with Crippen LogP contribution < -0.4 is 15.6 Å². The van der Waals surface area contributed by atoms with Crippen LogP contribution >= 0.6 is 12.2 Å². The molecule has 1 saturated heterocycles. The summed E-state index contributed by atoms with van der Waals surface area (Å²) in [7, 11) is 0. The standard InChI is InChI=1S/C24H25F3N6O2S/c1-15(34)28-14-18-12-22(31-35-18)17-3-5-23(21(27)11-17)32-6-8-33(9-7-32)24(36)30-29-13-16-2-4-19(25)20(26)10-16/h2-5,10-11,13,18H,6-9,12,14H2,1H3,(H,28,34)(H,30,36)/b29-13+. The van der Waals surface area contributed by atoms with Crippen molar-refractivity contribution in [1.29, 1.82) is 0 Å². The summed E-state index contributed by atoms with van der Waals surface area (Å²) >= 11 is 5.36. The number of carbonyl (C=O) groups excluding carboxylic acids is 1. The zero-order valence-electron chi connectivity index (χ0n) is 19.5. The molecule has 2 aromatic rings. The number of benzene rings is 2. The van der Waals surface area contributed by atoms with Gasteiger partial charge in [-0.1, -0.05) is 17.3 Å². The average Bonchev–Trinajstić information content (AvgIpc) is 3.34. The number of nitrogens with zero attached hydrogens (tertiary/aromatic N) is 4. The number of piperazine rings is 1. The number of thiocarbonyl (C=S) groups is 1. The fourth-order valence-corrected chi connectivity index (χ4v) is 4.12. The van der Waals surface area contributed by atoms with E-state index in [0.29, 0.717) is 66.8 Å². The molecule has 1 fully saturated rings. The highest BCUT2D eigenvalue weighted by Crippen LogP contribution is 2.25. The summed E-state index contributed by atoms with van der Waals surface area (Å²) in [6.07, 6.45) is 1.57. The van der Waals surface area contributed by atoms with Crippen LogP contribution in [-0.2, 0) is 9.63 Å². The van der Waals surface area contributed by atoms with E-state index < -0.39 is 11.6 Å². The molecule has 0 aromatic heterocycles. The summed E-state index contributed by atoms with van der Waals surface area (Å²) in [5.74, 6) is -2.37. The number of rotatable bonds is 6. The van der Waals surface area contributed by atoms with Crippen LogP contribution in [0, 0.1) is 17.5 Å². The molecule has 2 heterocycles. The summed E-state index contributed by atoms with van der Waals surface area (Å²) in [5.41, 5.74) is 4.89. The van der Waals surface area contributed by atoms with Gasteiger partial charge >= 0.3 is 0 Å². The molecule has 0 aliphatic carbocycles. The maximum atomic E-state index is 15.0. The van der Waals surface area contributed by atoms with Gasteiger partial charge < -0.3 is 20.0 Å². The molecule has 190 valence electrons. The van der Waals surface area contributed by atoms with E-state index in [2.05, 4.69) is 21.0 Å². The normalized spacial score (nSPS) is 17.7. The summed E-state index contributed by atoms with van der Waals surface area (Å²) in [4.78, 5) is 20.2. The van der Waals surface area contributed by atoms with Crippen molar-refractivity contribution in [3.63, 3.8) is 0 Å². The minimum Gasteiger partial charge on any atom is -0.390 e. The number of halogens is 3. The van der Waals surface area contributed by atoms with E-state index in [9.17, 15) is 18.0 Å². The van der Waals surface area contributed by atoms with E-state index in [4.69, 9.17) is 17.1 Å². The molecule has 0 bridgehead atoms. The van der Waals surface area contributed by atoms with Crippen LogP contribution in [0.2, 0.25) is 0 Å². The van der Waals surface area contributed by atoms with E-state index in [1.807, 2.05) is 15.9 Å². The second-order valence-corrected chi connectivity index (χ2v) is 8.78. The molecule has 1 amide bonds. The van der Waals surface area contributed by atoms with Crippen molar-refractivity contribution in [3.8, 4) is 0 Å². The van der Waals surface area contributed by atoms with Crippen LogP contribution in [0.1, 0.15) is 24.5 Å². The Morgan fingerprint density at radius 1 is 1.14 bits per heavy atom. The minimum absolute atomic E-state index is 0.145. The van der Waals surface area contributed by atoms with Crippen LogP contribution in [-0.4, -0.2) is 66.7 Å². The predicted molar refractivity (Wildman–Crippen MR) is 135 cm³/mol. The third-order valence-electron chi connectivity index (χ3n) is 5.82. The Labute approximate surface area is 211 Å². The molecule has 0 saturated carbocycles. The van der Waals surface area contributed by atoms with E-state index >= 15 is 0 Å². The number of carbonyl (C=O) groups is 1. The first-order valence-electron chi connectivity index (χ1n) is 11.3. The third kappa shape index (κ3) is 6.30. The van der Waals surface area contributed by atoms with Gasteiger partial charge in [0.1, 0.15) is 11.9 Å². The van der Waals surface area contributed by atoms with Gasteiger partial charge in [-0.2, -0.15) is 5.10 Å². The Bertz CT molecular complexity index is 1200. The maximum Gasteiger partial charge on any atom is 0.217 e. The monoisotopic (exact) mass is 518 g/mol. The SMILES string of the molecule is CC(=O)NCC1CC(c2ccc(N3CCN(C(=S)N/N=C/c4ccc(F)c(F)c4)CC3)c(F)c2)=NO1. The van der Waals surface area contributed by atoms with Gasteiger partial charge in [0, 0.05) is 45.1 Å². The topological polar surface area (TPSA) is 81.6 Å². The summed E-state index contributed by atoms with van der Waals surface area (Å²) in [6, 6.07) is 8.46. The van der Waals surface area contributed by atoms with E-state index in [1.165, 1.54) is 25.3 Å². The van der Waals surface area contributed by atoms with Crippen LogP contribution in [0.25, 0.3) is 0 Å². The molecule has 1 atom stereocenters. The molecular formula is C24H25F3N6O2S. The van der Waals surface area contributed by atoms with Crippen molar-refractivity contribution in [2.24, 2.45) is 10.3 Å². The van der Waals surface area contributed by atoms with Crippen LogP contribution in [0.15, 0.2) is 46.7 Å². The van der Waals surface area contributed by atoms with Crippen molar-refractivity contribution < 1.29 is 22.8 Å². The molecule has 2 aliphatic rings. The molecule has 2 aliphatic heterocycles. The molecule has 2 N–H and O–H groups in total. The summed E-state index contributed by atoms with van der Waals surface area (Å²) in [5, 5.41) is 11.1. The van der Waals surface area contributed by atoms with Crippen LogP contribution in [0.4, 0.5) is 18.9 Å². The lowest BCUT2D eigenvalue weighted by atomic mass is 10.0. The van der Waals surface area contributed by atoms with Crippen molar-refractivity contribution >= 4 is 40.9 Å². The first kappa shape index (κ1) is 25.4. The number of hydrazone groups is 1. The van der Waals surface area contributed by atoms with Gasteiger partial charge in [-0.25, -0.2) is 13.2 Å². The van der Waals surface area contributed by atoms with Crippen molar-refractivity contribution in [2.45, 2.75) is 19.4 Å². The van der Waals surface area contributed by atoms with Gasteiger partial charge in [0.05, 0.1) is 24.2 Å². The lowest BCUT2D eigenvalue weighted by molar-refractivity contribution is -0.119. The Kier molecular flexibility index (Phi) is 8.04. The average molecular weight is 519 g/mol. The molecule has 0 spiro atoms. The quantitative estimate of drug-likeness (QED) is 0.348. The molecule has 12 heteroatoms. The minimum atomic E-state index is -0.950. The Hall–Kier alpha value is -3.67. The lowest BCUT2D eigenvalue weighted by Gasteiger charge is -2.37. The molecule has 0 radical (unpaired) electrons. The number of anilines is 1. The highest BCUT2D eigenvalue weighted by molar-refractivity contribution is 7.80. The lowest BCUT2D eigenvalue weighted by Crippen LogP contribution is -2.51. The molecular weight excluding hydrogens is 493 g/mol. The maximum absolute atomic E-state index is 15.0. The summed E-state index contributed by atoms with van der Waals surface area (Å²) < 4.78 is 41.3. The fourth-order valence-electron chi connectivity index (χ4n) is 3.88. The van der Waals surface area contributed by atoms with Gasteiger partial charge in [-0.3, -0.25) is 10.2 Å². The first-order chi connectivity index (χ1) is 17.3. The zero-order valence-corrected chi connectivity index (χ0v) is 20.3. The second-order valence-electron chi connectivity index (χ2n) is 8.40. The Morgan fingerprint density at radius 3 is 2.61 bits per heavy atom. The van der Waals surface area contributed by atoms with Crippen molar-refractivity contribution in [2.75, 3.05) is 37.6 Å². The van der Waals surface area contributed by atoms with Crippen LogP contribution in [0.3, 0.4) is 0 Å². The van der Waals surface area contributed by atoms with Gasteiger partial charge in [-0.05, 0) is 42.0 Å². The highest BCUT2D eigenvalue weighted by Gasteiger charge is 2.25. The molecule has 2 aromatic carbocycles. The van der Waals surface area contributed by atoms with Gasteiger partial charge in [0.25, 0.3) is 0 Å². The smallest absolute Gasteiger partial charge is 0.217 e. The summed E-state index contributed by atoms with van der Waals surface area (Å²) in [6.45, 7) is 3.99. The molecule has 1 unspecified atom stereocenters. The van der Waals surface area contributed by atoms with E-state index in [1.54, 1.807) is 6.07 Å². The van der Waals surface area contributed by atoms with Gasteiger partial charge in [0.15, 0.2) is 16.7 Å². The Balaban J connectivity index is 1.27. The van der Waals surface area contributed by atoms with E-state index in [0.717, 1.165) is 12.1 Å². The van der Waals surface area contributed by atoms with E-state index in [-0.39, 0.29) is 17.8 Å². The zero-order chi connectivity index (χ0) is 25.7. The molecule has 8 nitrogen and oxygen atoms in total. The van der Waals surface area contributed by atoms with Crippen molar-refractivity contribution in [1.82, 2.24) is 15.6 Å². The number of nitrogens with one attached hydrogen (secondary N) is 2. The van der Waals surface area contributed by atoms with Crippen LogP contribution in [0.5, 0.6) is 0 Å². The molecule has 4 rings (SSSR count). The van der Waals surface area contributed by atoms with Crippen molar-refractivity contribution in [3.05, 3.63) is 65.0 Å². The number of hydrogen-bond acceptors (Lipinski definition) is 6. The number of amides is 1. The largest absolute Gasteiger partial charge is 0.390 e. The number of hydrogen-bond donors (Lipinski definition) is 2.